The van der Waals surface area contributed by atoms with Crippen molar-refractivity contribution in [2.75, 3.05) is 19.6 Å². The Kier molecular flexibility index (Phi) is 4.79. The number of nitrogens with one attached hydrogen (secondary N) is 2. The molecular formula is C22H24Cl2N4+2. The number of aromatic nitrogens is 3. The first-order valence-corrected chi connectivity index (χ1v) is 10.8. The van der Waals surface area contributed by atoms with E-state index >= 15 is 0 Å². The minimum Gasteiger partial charge on any atom is -0.332 e. The van der Waals surface area contributed by atoms with Gasteiger partial charge in [-0.3, -0.25) is 0 Å². The van der Waals surface area contributed by atoms with Crippen molar-refractivity contribution in [3.05, 3.63) is 58.7 Å². The highest BCUT2D eigenvalue weighted by atomic mass is 35.5. The third-order valence-electron chi connectivity index (χ3n) is 5.90. The zero-order valence-corrected chi connectivity index (χ0v) is 17.2. The standard InChI is InChI=1S/C22H22Cl2N4/c23-17-9-8-16(14-18(17)24)19-15-28-21-7-3-2-6-20(21)27(22(28)25-19)13-12-26-10-4-1-5-11-26/h2-3,6-9,14-15H,1,4-5,10-13H2/p+2. The van der Waals surface area contributed by atoms with Crippen molar-refractivity contribution in [2.45, 2.75) is 25.8 Å². The highest BCUT2D eigenvalue weighted by Gasteiger charge is 2.23. The molecule has 6 heteroatoms. The number of piperidine rings is 1. The van der Waals surface area contributed by atoms with Gasteiger partial charge < -0.3 is 4.90 Å². The average Bonchev–Trinajstić information content (AvgIpc) is 3.27. The number of imidazole rings is 2. The van der Waals surface area contributed by atoms with Gasteiger partial charge in [0.15, 0.2) is 0 Å². The summed E-state index contributed by atoms with van der Waals surface area (Å²) in [6, 6.07) is 14.4. The Morgan fingerprint density at radius 2 is 1.82 bits per heavy atom. The van der Waals surface area contributed by atoms with Crippen molar-refractivity contribution < 1.29 is 9.47 Å². The van der Waals surface area contributed by atoms with E-state index in [0.29, 0.717) is 10.0 Å². The topological polar surface area (TPSA) is 28.5 Å². The van der Waals surface area contributed by atoms with Gasteiger partial charge in [0.25, 0.3) is 0 Å². The summed E-state index contributed by atoms with van der Waals surface area (Å²) in [6.45, 7) is 4.77. The molecule has 1 saturated heterocycles. The number of halogens is 2. The van der Waals surface area contributed by atoms with Crippen LogP contribution in [-0.4, -0.2) is 29.0 Å². The van der Waals surface area contributed by atoms with E-state index < -0.39 is 0 Å². The van der Waals surface area contributed by atoms with Crippen LogP contribution in [0, 0.1) is 0 Å². The van der Waals surface area contributed by atoms with E-state index in [1.54, 1.807) is 4.90 Å². The molecule has 4 aromatic rings. The lowest BCUT2D eigenvalue weighted by atomic mass is 10.1. The Bertz CT molecular complexity index is 1140. The zero-order chi connectivity index (χ0) is 19.1. The minimum atomic E-state index is 0.574. The number of aromatic amines is 1. The molecule has 2 aromatic carbocycles. The first-order chi connectivity index (χ1) is 13.7. The summed E-state index contributed by atoms with van der Waals surface area (Å²) >= 11 is 12.3. The fourth-order valence-corrected chi connectivity index (χ4v) is 4.70. The number of H-pyrrole nitrogens is 1. The van der Waals surface area contributed by atoms with E-state index in [0.717, 1.165) is 30.1 Å². The summed E-state index contributed by atoms with van der Waals surface area (Å²) in [5, 5.41) is 1.15. The summed E-state index contributed by atoms with van der Waals surface area (Å²) < 4.78 is 4.66. The predicted molar refractivity (Wildman–Crippen MR) is 114 cm³/mol. The molecule has 1 aliphatic heterocycles. The molecule has 0 bridgehead atoms. The van der Waals surface area contributed by atoms with Crippen molar-refractivity contribution in [2.24, 2.45) is 0 Å². The van der Waals surface area contributed by atoms with E-state index in [4.69, 9.17) is 23.2 Å². The van der Waals surface area contributed by atoms with Gasteiger partial charge in [-0.15, -0.1) is 0 Å². The van der Waals surface area contributed by atoms with Crippen LogP contribution in [-0.2, 0) is 6.54 Å². The number of nitrogens with zero attached hydrogens (tertiary/aromatic N) is 2. The molecule has 144 valence electrons. The quantitative estimate of drug-likeness (QED) is 0.476. The van der Waals surface area contributed by atoms with Gasteiger partial charge in [0.05, 0.1) is 23.1 Å². The van der Waals surface area contributed by atoms with Gasteiger partial charge in [0.2, 0.25) is 0 Å². The molecule has 0 atom stereocenters. The number of para-hydroxylation sites is 2. The first kappa shape index (κ1) is 18.0. The molecule has 0 unspecified atom stereocenters. The van der Waals surface area contributed by atoms with Crippen LogP contribution in [0.5, 0.6) is 0 Å². The Morgan fingerprint density at radius 1 is 1.00 bits per heavy atom. The third kappa shape index (κ3) is 3.20. The molecular weight excluding hydrogens is 391 g/mol. The summed E-state index contributed by atoms with van der Waals surface area (Å²) in [7, 11) is 0. The van der Waals surface area contributed by atoms with E-state index in [2.05, 4.69) is 44.4 Å². The molecule has 28 heavy (non-hydrogen) atoms. The molecule has 1 fully saturated rings. The molecule has 1 aliphatic rings. The maximum Gasteiger partial charge on any atom is 0.368 e. The molecule has 4 nitrogen and oxygen atoms in total. The molecule has 5 rings (SSSR count). The predicted octanol–water partition coefficient (Wildman–Crippen LogP) is 3.75. The minimum absolute atomic E-state index is 0.574. The van der Waals surface area contributed by atoms with Gasteiger partial charge >= 0.3 is 5.78 Å². The van der Waals surface area contributed by atoms with Crippen molar-refractivity contribution in [3.63, 3.8) is 0 Å². The summed E-state index contributed by atoms with van der Waals surface area (Å²) in [6.07, 6.45) is 6.26. The van der Waals surface area contributed by atoms with E-state index in [1.807, 2.05) is 18.2 Å². The normalized spacial score (nSPS) is 15.6. The lowest BCUT2D eigenvalue weighted by molar-refractivity contribution is -0.920. The number of hydrogen-bond donors (Lipinski definition) is 2. The fraction of sp³-hybridized carbons (Fsp3) is 0.318. The molecule has 2 N–H and O–H groups in total. The van der Waals surface area contributed by atoms with Crippen LogP contribution in [0.15, 0.2) is 48.7 Å². The second-order valence-electron chi connectivity index (χ2n) is 7.69. The monoisotopic (exact) mass is 414 g/mol. The highest BCUT2D eigenvalue weighted by Crippen LogP contribution is 2.28. The van der Waals surface area contributed by atoms with Gasteiger partial charge in [-0.1, -0.05) is 35.3 Å². The maximum absolute atomic E-state index is 6.24. The molecule has 0 saturated carbocycles. The largest absolute Gasteiger partial charge is 0.368 e. The number of likely N-dealkylation sites (tertiary alicyclic amines) is 1. The smallest absolute Gasteiger partial charge is 0.332 e. The van der Waals surface area contributed by atoms with E-state index in [-0.39, 0.29) is 0 Å². The number of rotatable bonds is 4. The molecule has 2 aromatic heterocycles. The van der Waals surface area contributed by atoms with Crippen molar-refractivity contribution in [3.8, 4) is 11.3 Å². The van der Waals surface area contributed by atoms with Gasteiger partial charge in [0.1, 0.15) is 36.0 Å². The third-order valence-corrected chi connectivity index (χ3v) is 6.64. The summed E-state index contributed by atoms with van der Waals surface area (Å²) in [4.78, 5) is 5.34. The number of benzene rings is 2. The molecule has 3 heterocycles. The zero-order valence-electron chi connectivity index (χ0n) is 15.7. The van der Waals surface area contributed by atoms with Crippen molar-refractivity contribution in [1.29, 1.82) is 0 Å². The SMILES string of the molecule is Clc1ccc(-c2cn3c4ccccc4[n+](CC[NH+]4CCCCC4)c3[nH]2)cc1Cl. The van der Waals surface area contributed by atoms with Crippen LogP contribution < -0.4 is 9.47 Å². The van der Waals surface area contributed by atoms with Crippen molar-refractivity contribution >= 4 is 40.0 Å². The lowest BCUT2D eigenvalue weighted by Gasteiger charge is -2.22. The van der Waals surface area contributed by atoms with Gasteiger partial charge in [-0.05, 0) is 49.6 Å². The first-order valence-electron chi connectivity index (χ1n) is 10.0. The van der Waals surface area contributed by atoms with Crippen LogP contribution in [0.2, 0.25) is 10.0 Å². The molecule has 0 aliphatic carbocycles. The van der Waals surface area contributed by atoms with Gasteiger partial charge in [0, 0.05) is 5.56 Å². The van der Waals surface area contributed by atoms with Crippen LogP contribution in [0.3, 0.4) is 0 Å². The number of hydrogen-bond acceptors (Lipinski definition) is 0. The highest BCUT2D eigenvalue weighted by molar-refractivity contribution is 6.42. The Balaban J connectivity index is 1.56. The van der Waals surface area contributed by atoms with Crippen LogP contribution in [0.25, 0.3) is 28.1 Å². The van der Waals surface area contributed by atoms with Crippen LogP contribution in [0.4, 0.5) is 0 Å². The van der Waals surface area contributed by atoms with Crippen molar-refractivity contribution in [1.82, 2.24) is 9.38 Å². The Hall–Kier alpha value is -2.01. The second-order valence-corrected chi connectivity index (χ2v) is 8.51. The maximum atomic E-state index is 6.24. The van der Waals surface area contributed by atoms with Gasteiger partial charge in [-0.25, -0.2) is 9.55 Å². The summed E-state index contributed by atoms with van der Waals surface area (Å²) in [5.41, 5.74) is 4.56. The van der Waals surface area contributed by atoms with Crippen LogP contribution >= 0.6 is 23.2 Å². The second kappa shape index (κ2) is 7.43. The fourth-order valence-electron chi connectivity index (χ4n) is 4.40. The van der Waals surface area contributed by atoms with Crippen LogP contribution in [0.1, 0.15) is 19.3 Å². The molecule has 0 radical (unpaired) electrons. The Labute approximate surface area is 174 Å². The Morgan fingerprint density at radius 3 is 2.64 bits per heavy atom. The van der Waals surface area contributed by atoms with Gasteiger partial charge in [-0.2, -0.15) is 4.40 Å². The summed E-state index contributed by atoms with van der Waals surface area (Å²) in [5.74, 6) is 1.11. The molecule has 0 spiro atoms. The average molecular weight is 415 g/mol. The lowest BCUT2D eigenvalue weighted by Crippen LogP contribution is -3.13. The number of fused-ring (bicyclic) bond motifs is 3. The van der Waals surface area contributed by atoms with E-state index in [1.165, 1.54) is 43.4 Å². The molecule has 0 amide bonds. The number of quaternary nitrogens is 1. The van der Waals surface area contributed by atoms with E-state index in [9.17, 15) is 0 Å².